The van der Waals surface area contributed by atoms with Crippen LogP contribution in [0.25, 0.3) is 0 Å². The van der Waals surface area contributed by atoms with Crippen molar-refractivity contribution in [2.75, 3.05) is 17.2 Å². The lowest BCUT2D eigenvalue weighted by atomic mass is 10.0. The zero-order valence-corrected chi connectivity index (χ0v) is 8.84. The molecule has 1 aliphatic heterocycles. The summed E-state index contributed by atoms with van der Waals surface area (Å²) in [6, 6.07) is 3.42. The molecule has 0 radical (unpaired) electrons. The van der Waals surface area contributed by atoms with Gasteiger partial charge in [-0.1, -0.05) is 6.07 Å². The van der Waals surface area contributed by atoms with E-state index in [0.717, 1.165) is 5.69 Å². The fourth-order valence-corrected chi connectivity index (χ4v) is 2.01. The van der Waals surface area contributed by atoms with Gasteiger partial charge in [0.1, 0.15) is 24.2 Å². The zero-order valence-electron chi connectivity index (χ0n) is 8.84. The summed E-state index contributed by atoms with van der Waals surface area (Å²) in [7, 11) is 0. The lowest BCUT2D eigenvalue weighted by Gasteiger charge is -2.26. The van der Waals surface area contributed by atoms with Crippen molar-refractivity contribution in [1.29, 1.82) is 0 Å². The lowest BCUT2D eigenvalue weighted by Crippen LogP contribution is -2.26. The van der Waals surface area contributed by atoms with Crippen molar-refractivity contribution >= 4 is 11.4 Å². The Morgan fingerprint density at radius 3 is 2.59 bits per heavy atom. The molecule has 0 bridgehead atoms. The third kappa shape index (κ3) is 1.63. The fraction of sp³-hybridized carbons (Fsp3) is 0.167. The molecule has 2 aromatic rings. The fourth-order valence-electron chi connectivity index (χ4n) is 2.01. The van der Waals surface area contributed by atoms with Gasteiger partial charge in [0.25, 0.3) is 0 Å². The summed E-state index contributed by atoms with van der Waals surface area (Å²) in [6.45, 7) is 0.407. The van der Waals surface area contributed by atoms with Crippen molar-refractivity contribution in [3.05, 3.63) is 47.9 Å². The Bertz CT molecular complexity index is 533. The van der Waals surface area contributed by atoms with E-state index in [0.29, 0.717) is 12.2 Å². The van der Waals surface area contributed by atoms with Gasteiger partial charge in [0, 0.05) is 12.1 Å². The first-order valence-electron chi connectivity index (χ1n) is 5.26. The molecule has 0 spiro atoms. The van der Waals surface area contributed by atoms with Crippen LogP contribution in [0.2, 0.25) is 0 Å². The summed E-state index contributed by atoms with van der Waals surface area (Å²) < 4.78 is 32.2. The van der Waals surface area contributed by atoms with E-state index in [1.807, 2.05) is 0 Å². The van der Waals surface area contributed by atoms with Crippen LogP contribution in [0.5, 0.6) is 0 Å². The van der Waals surface area contributed by atoms with E-state index in [4.69, 9.17) is 4.42 Å². The molecule has 2 N–H and O–H groups in total. The van der Waals surface area contributed by atoms with E-state index < -0.39 is 17.7 Å². The van der Waals surface area contributed by atoms with Crippen molar-refractivity contribution < 1.29 is 13.2 Å². The highest BCUT2D eigenvalue weighted by molar-refractivity contribution is 5.69. The van der Waals surface area contributed by atoms with Crippen molar-refractivity contribution in [2.24, 2.45) is 0 Å². The molecule has 0 saturated carbocycles. The molecule has 1 aromatic heterocycles. The molecule has 5 heteroatoms. The zero-order chi connectivity index (χ0) is 11.8. The first-order chi connectivity index (χ1) is 8.25. The molecule has 88 valence electrons. The third-order valence-electron chi connectivity index (χ3n) is 2.84. The summed E-state index contributed by atoms with van der Waals surface area (Å²) in [4.78, 5) is 0. The maximum atomic E-state index is 13.6. The molecule has 1 atom stereocenters. The van der Waals surface area contributed by atoms with Crippen LogP contribution in [-0.4, -0.2) is 6.54 Å². The van der Waals surface area contributed by atoms with Gasteiger partial charge in [-0.05, 0) is 12.1 Å². The van der Waals surface area contributed by atoms with Crippen LogP contribution >= 0.6 is 0 Å². The lowest BCUT2D eigenvalue weighted by molar-refractivity contribution is 0.538. The minimum absolute atomic E-state index is 0.0480. The van der Waals surface area contributed by atoms with E-state index in [9.17, 15) is 8.78 Å². The number of fused-ring (bicyclic) bond motifs is 1. The van der Waals surface area contributed by atoms with Gasteiger partial charge in [-0.15, -0.1) is 0 Å². The summed E-state index contributed by atoms with van der Waals surface area (Å²) in [5.41, 5.74) is 1.56. The van der Waals surface area contributed by atoms with Crippen molar-refractivity contribution in [3.63, 3.8) is 0 Å². The average Bonchev–Trinajstić information content (AvgIpc) is 2.76. The maximum absolute atomic E-state index is 13.6. The number of furan rings is 1. The monoisotopic (exact) mass is 236 g/mol. The van der Waals surface area contributed by atoms with Crippen molar-refractivity contribution in [2.45, 2.75) is 6.04 Å². The van der Waals surface area contributed by atoms with Crippen LogP contribution in [0.1, 0.15) is 11.6 Å². The highest BCUT2D eigenvalue weighted by Crippen LogP contribution is 2.33. The Kier molecular flexibility index (Phi) is 2.24. The number of anilines is 2. The Morgan fingerprint density at radius 2 is 1.82 bits per heavy atom. The second-order valence-corrected chi connectivity index (χ2v) is 3.91. The van der Waals surface area contributed by atoms with Crippen LogP contribution in [0.4, 0.5) is 20.2 Å². The number of hydrogen-bond donors (Lipinski definition) is 2. The first-order valence-corrected chi connectivity index (χ1v) is 5.26. The second-order valence-electron chi connectivity index (χ2n) is 3.91. The predicted octanol–water partition coefficient (Wildman–Crippen LogP) is 3.14. The highest BCUT2D eigenvalue weighted by atomic mass is 19.1. The molecule has 0 aliphatic carbocycles. The predicted molar refractivity (Wildman–Crippen MR) is 59.9 cm³/mol. The van der Waals surface area contributed by atoms with Crippen LogP contribution in [0, 0.1) is 11.6 Å². The number of rotatable bonds is 1. The smallest absolute Gasteiger partial charge is 0.131 e. The largest absolute Gasteiger partial charge is 0.468 e. The number of hydrogen-bond acceptors (Lipinski definition) is 3. The average molecular weight is 236 g/mol. The van der Waals surface area contributed by atoms with Crippen LogP contribution in [-0.2, 0) is 0 Å². The molecular weight excluding hydrogens is 226 g/mol. The number of nitrogens with one attached hydrogen (secondary N) is 2. The Hall–Kier alpha value is -2.04. The van der Waals surface area contributed by atoms with Gasteiger partial charge in [-0.3, -0.25) is 0 Å². The molecule has 3 rings (SSSR count). The minimum atomic E-state index is -0.545. The Balaban J connectivity index is 1.97. The second kappa shape index (κ2) is 3.76. The standard InChI is InChI=1S/C12H10F2N2O/c13-7-2-1-3-8(14)12(7)9-4-15-10-5-17-6-11(10)16-9/h1-3,5-6,9,15-16H,4H2. The van der Waals surface area contributed by atoms with Crippen LogP contribution in [0.3, 0.4) is 0 Å². The normalized spacial score (nSPS) is 18.1. The van der Waals surface area contributed by atoms with Gasteiger partial charge < -0.3 is 15.1 Å². The molecule has 1 unspecified atom stereocenters. The van der Waals surface area contributed by atoms with E-state index in [1.165, 1.54) is 24.5 Å². The number of halogens is 2. The summed E-state index contributed by atoms with van der Waals surface area (Å²) in [5.74, 6) is -1.09. The molecule has 1 aromatic carbocycles. The van der Waals surface area contributed by atoms with Crippen molar-refractivity contribution in [1.82, 2.24) is 0 Å². The Morgan fingerprint density at radius 1 is 1.12 bits per heavy atom. The molecular formula is C12H10F2N2O. The van der Waals surface area contributed by atoms with E-state index >= 15 is 0 Å². The molecule has 0 amide bonds. The van der Waals surface area contributed by atoms with Gasteiger partial charge in [-0.25, -0.2) is 8.78 Å². The van der Waals surface area contributed by atoms with Gasteiger partial charge in [-0.2, -0.15) is 0 Å². The quantitative estimate of drug-likeness (QED) is 0.798. The minimum Gasteiger partial charge on any atom is -0.468 e. The van der Waals surface area contributed by atoms with Crippen LogP contribution < -0.4 is 10.6 Å². The van der Waals surface area contributed by atoms with Crippen LogP contribution in [0.15, 0.2) is 35.1 Å². The van der Waals surface area contributed by atoms with Gasteiger partial charge >= 0.3 is 0 Å². The molecule has 3 nitrogen and oxygen atoms in total. The van der Waals surface area contributed by atoms with E-state index in [2.05, 4.69) is 10.6 Å². The topological polar surface area (TPSA) is 37.2 Å². The van der Waals surface area contributed by atoms with Gasteiger partial charge in [0.15, 0.2) is 0 Å². The van der Waals surface area contributed by atoms with Gasteiger partial charge in [0.2, 0.25) is 0 Å². The first kappa shape index (κ1) is 10.1. The number of benzene rings is 1. The van der Waals surface area contributed by atoms with E-state index in [1.54, 1.807) is 6.26 Å². The SMILES string of the molecule is Fc1cccc(F)c1C1CNc2cocc2N1. The molecule has 17 heavy (non-hydrogen) atoms. The molecule has 0 saturated heterocycles. The molecule has 0 fully saturated rings. The third-order valence-corrected chi connectivity index (χ3v) is 2.84. The highest BCUT2D eigenvalue weighted by Gasteiger charge is 2.25. The summed E-state index contributed by atoms with van der Waals surface area (Å²) >= 11 is 0. The maximum Gasteiger partial charge on any atom is 0.131 e. The van der Waals surface area contributed by atoms with E-state index in [-0.39, 0.29) is 5.56 Å². The van der Waals surface area contributed by atoms with Gasteiger partial charge in [0.05, 0.1) is 17.4 Å². The summed E-state index contributed by atoms with van der Waals surface area (Å²) in [6.07, 6.45) is 3.06. The summed E-state index contributed by atoms with van der Waals surface area (Å²) in [5, 5.41) is 6.09. The Labute approximate surface area is 96.4 Å². The van der Waals surface area contributed by atoms with Crippen molar-refractivity contribution in [3.8, 4) is 0 Å². The molecule has 1 aliphatic rings. The molecule has 2 heterocycles.